The molecule has 0 heterocycles. The summed E-state index contributed by atoms with van der Waals surface area (Å²) in [6.45, 7) is 7.95. The van der Waals surface area contributed by atoms with Crippen LogP contribution in [0.3, 0.4) is 0 Å². The van der Waals surface area contributed by atoms with Gasteiger partial charge < -0.3 is 10.1 Å². The van der Waals surface area contributed by atoms with Crippen LogP contribution < -0.4 is 5.32 Å². The highest BCUT2D eigenvalue weighted by molar-refractivity contribution is 7.99. The first-order valence-corrected chi connectivity index (χ1v) is 7.28. The largest absolute Gasteiger partial charge is 0.375 e. The summed E-state index contributed by atoms with van der Waals surface area (Å²) in [4.78, 5) is 0. The molecule has 0 aliphatic rings. The van der Waals surface area contributed by atoms with E-state index in [-0.39, 0.29) is 0 Å². The first-order chi connectivity index (χ1) is 8.29. The molecular formula is C14H23NOS. The van der Waals surface area contributed by atoms with Gasteiger partial charge in [0.15, 0.2) is 0 Å². The van der Waals surface area contributed by atoms with Gasteiger partial charge in [-0.1, -0.05) is 44.2 Å². The van der Waals surface area contributed by atoms with Gasteiger partial charge in [0.25, 0.3) is 0 Å². The molecule has 96 valence electrons. The zero-order valence-corrected chi connectivity index (χ0v) is 11.6. The van der Waals surface area contributed by atoms with Crippen LogP contribution >= 0.6 is 11.8 Å². The van der Waals surface area contributed by atoms with Crippen LogP contribution in [0.4, 0.5) is 0 Å². The van der Waals surface area contributed by atoms with Gasteiger partial charge in [0.05, 0.1) is 13.2 Å². The highest BCUT2D eigenvalue weighted by atomic mass is 32.2. The molecule has 0 fully saturated rings. The van der Waals surface area contributed by atoms with Crippen molar-refractivity contribution in [1.82, 2.24) is 5.32 Å². The highest BCUT2D eigenvalue weighted by Crippen LogP contribution is 2.06. The molecule has 1 aromatic rings. The first kappa shape index (κ1) is 14.6. The molecule has 0 amide bonds. The summed E-state index contributed by atoms with van der Waals surface area (Å²) < 4.78 is 5.58. The number of hydrogen-bond acceptors (Lipinski definition) is 3. The van der Waals surface area contributed by atoms with E-state index in [1.54, 1.807) is 0 Å². The second-order valence-corrected chi connectivity index (χ2v) is 5.89. The maximum absolute atomic E-state index is 5.58. The molecule has 0 unspecified atom stereocenters. The maximum Gasteiger partial charge on any atom is 0.0717 e. The molecule has 0 saturated carbocycles. The third-order valence-corrected chi connectivity index (χ3v) is 3.37. The molecular weight excluding hydrogens is 230 g/mol. The number of hydrogen-bond donors (Lipinski definition) is 1. The van der Waals surface area contributed by atoms with Crippen LogP contribution in [0.25, 0.3) is 0 Å². The van der Waals surface area contributed by atoms with Crippen LogP contribution in [-0.4, -0.2) is 30.7 Å². The van der Waals surface area contributed by atoms with Crippen LogP contribution in [0.5, 0.6) is 0 Å². The van der Waals surface area contributed by atoms with Crippen molar-refractivity contribution in [3.63, 3.8) is 0 Å². The van der Waals surface area contributed by atoms with Gasteiger partial charge in [-0.15, -0.1) is 0 Å². The van der Waals surface area contributed by atoms with Crippen LogP contribution in [-0.2, 0) is 11.3 Å². The fourth-order valence-corrected chi connectivity index (χ4v) is 2.13. The van der Waals surface area contributed by atoms with Crippen molar-refractivity contribution in [2.45, 2.75) is 25.7 Å². The average molecular weight is 253 g/mol. The molecule has 0 aliphatic carbocycles. The van der Waals surface area contributed by atoms with Gasteiger partial charge >= 0.3 is 0 Å². The Morgan fingerprint density at radius 2 is 1.94 bits per heavy atom. The number of benzene rings is 1. The second kappa shape index (κ2) is 9.51. The molecule has 0 aliphatic heterocycles. The summed E-state index contributed by atoms with van der Waals surface area (Å²) in [7, 11) is 0. The molecule has 0 saturated heterocycles. The minimum absolute atomic E-state index is 0.712. The Hall–Kier alpha value is -0.510. The highest BCUT2D eigenvalue weighted by Gasteiger charge is 1.94. The van der Waals surface area contributed by atoms with Crippen molar-refractivity contribution in [1.29, 1.82) is 0 Å². The van der Waals surface area contributed by atoms with E-state index in [0.717, 1.165) is 24.9 Å². The Morgan fingerprint density at radius 1 is 1.18 bits per heavy atom. The predicted molar refractivity (Wildman–Crippen MR) is 76.6 cm³/mol. The summed E-state index contributed by atoms with van der Waals surface area (Å²) in [5, 5.41) is 4.11. The summed E-state index contributed by atoms with van der Waals surface area (Å²) >= 11 is 1.99. The van der Waals surface area contributed by atoms with Crippen molar-refractivity contribution < 1.29 is 4.74 Å². The lowest BCUT2D eigenvalue weighted by Crippen LogP contribution is -2.22. The fraction of sp³-hybridized carbons (Fsp3) is 0.571. The predicted octanol–water partition coefficient (Wildman–Crippen LogP) is 2.93. The van der Waals surface area contributed by atoms with Crippen molar-refractivity contribution in [2.75, 3.05) is 25.4 Å². The fourth-order valence-electron chi connectivity index (χ4n) is 1.40. The minimum Gasteiger partial charge on any atom is -0.375 e. The lowest BCUT2D eigenvalue weighted by molar-refractivity contribution is 0.123. The van der Waals surface area contributed by atoms with E-state index in [1.165, 1.54) is 11.3 Å². The minimum atomic E-state index is 0.712. The van der Waals surface area contributed by atoms with Gasteiger partial charge in [0, 0.05) is 18.8 Å². The van der Waals surface area contributed by atoms with Crippen LogP contribution in [0.2, 0.25) is 0 Å². The first-order valence-electron chi connectivity index (χ1n) is 6.23. The summed E-state index contributed by atoms with van der Waals surface area (Å²) in [6, 6.07) is 10.3. The summed E-state index contributed by atoms with van der Waals surface area (Å²) in [5.74, 6) is 1.18. The van der Waals surface area contributed by atoms with Gasteiger partial charge in [0.1, 0.15) is 0 Å². The smallest absolute Gasteiger partial charge is 0.0717 e. The van der Waals surface area contributed by atoms with Crippen molar-refractivity contribution in [3.05, 3.63) is 35.9 Å². The van der Waals surface area contributed by atoms with E-state index in [2.05, 4.69) is 31.3 Å². The Morgan fingerprint density at radius 3 is 2.65 bits per heavy atom. The van der Waals surface area contributed by atoms with Crippen molar-refractivity contribution in [3.8, 4) is 0 Å². The monoisotopic (exact) mass is 253 g/mol. The molecule has 1 N–H and O–H groups in total. The van der Waals surface area contributed by atoms with Gasteiger partial charge in [-0.25, -0.2) is 0 Å². The summed E-state index contributed by atoms with van der Waals surface area (Å²) in [6.07, 6.45) is 0. The lowest BCUT2D eigenvalue weighted by atomic mass is 10.2. The van der Waals surface area contributed by atoms with E-state index >= 15 is 0 Å². The quantitative estimate of drug-likeness (QED) is 0.684. The van der Waals surface area contributed by atoms with Gasteiger partial charge in [-0.3, -0.25) is 0 Å². The van der Waals surface area contributed by atoms with E-state index in [9.17, 15) is 0 Å². The zero-order valence-electron chi connectivity index (χ0n) is 10.8. The Bertz CT molecular complexity index is 277. The molecule has 17 heavy (non-hydrogen) atoms. The second-order valence-electron chi connectivity index (χ2n) is 4.21. The summed E-state index contributed by atoms with van der Waals surface area (Å²) in [5.41, 5.74) is 1.24. The molecule has 1 aromatic carbocycles. The Labute approximate surface area is 109 Å². The third kappa shape index (κ3) is 8.25. The standard InChI is InChI=1S/C14H23NOS/c1-13(2)17-11-9-15-8-10-16-12-14-6-4-3-5-7-14/h3-7,13,15H,8-12H2,1-2H3. The lowest BCUT2D eigenvalue weighted by Gasteiger charge is -2.07. The van der Waals surface area contributed by atoms with Gasteiger partial charge in [-0.2, -0.15) is 11.8 Å². The number of nitrogens with one attached hydrogen (secondary N) is 1. The van der Waals surface area contributed by atoms with Crippen LogP contribution in [0.1, 0.15) is 19.4 Å². The zero-order chi connectivity index (χ0) is 12.3. The normalized spacial score (nSPS) is 11.0. The molecule has 0 spiro atoms. The van der Waals surface area contributed by atoms with Gasteiger partial charge in [-0.05, 0) is 10.8 Å². The molecule has 0 atom stereocenters. The van der Waals surface area contributed by atoms with Crippen molar-refractivity contribution in [2.24, 2.45) is 0 Å². The Balaban J connectivity index is 1.88. The van der Waals surface area contributed by atoms with Crippen LogP contribution in [0, 0.1) is 0 Å². The van der Waals surface area contributed by atoms with E-state index < -0.39 is 0 Å². The third-order valence-electron chi connectivity index (χ3n) is 2.26. The molecule has 0 aromatic heterocycles. The van der Waals surface area contributed by atoms with Crippen molar-refractivity contribution >= 4 is 11.8 Å². The molecule has 0 bridgehead atoms. The molecule has 3 heteroatoms. The van der Waals surface area contributed by atoms with Crippen LogP contribution in [0.15, 0.2) is 30.3 Å². The number of thioether (sulfide) groups is 1. The van der Waals surface area contributed by atoms with E-state index in [1.807, 2.05) is 30.0 Å². The Kier molecular flexibility index (Phi) is 8.14. The maximum atomic E-state index is 5.58. The van der Waals surface area contributed by atoms with E-state index in [4.69, 9.17) is 4.74 Å². The topological polar surface area (TPSA) is 21.3 Å². The molecule has 0 radical (unpaired) electrons. The van der Waals surface area contributed by atoms with E-state index in [0.29, 0.717) is 6.61 Å². The average Bonchev–Trinajstić information content (AvgIpc) is 2.33. The number of ether oxygens (including phenoxy) is 1. The number of rotatable bonds is 9. The molecule has 1 rings (SSSR count). The SMILES string of the molecule is CC(C)SCCNCCOCc1ccccc1. The molecule has 2 nitrogen and oxygen atoms in total. The van der Waals surface area contributed by atoms with Gasteiger partial charge in [0.2, 0.25) is 0 Å².